The van der Waals surface area contributed by atoms with E-state index in [0.717, 1.165) is 6.54 Å². The highest BCUT2D eigenvalue weighted by molar-refractivity contribution is 5.74. The maximum Gasteiger partial charge on any atom is 0.326 e. The summed E-state index contributed by atoms with van der Waals surface area (Å²) in [7, 11) is 1.80. The van der Waals surface area contributed by atoms with Gasteiger partial charge in [0.15, 0.2) is 0 Å². The van der Waals surface area contributed by atoms with Crippen molar-refractivity contribution in [3.8, 4) is 0 Å². The maximum atomic E-state index is 11.1. The molecule has 1 fully saturated rings. The van der Waals surface area contributed by atoms with E-state index in [4.69, 9.17) is 5.11 Å². The molecule has 5 heteroatoms. The molecular weight excluding hydrogens is 194 g/mol. The average molecular weight is 209 g/mol. The van der Waals surface area contributed by atoms with E-state index in [-0.39, 0.29) is 0 Å². The second kappa shape index (κ2) is 4.02. The molecule has 0 amide bonds. The number of aliphatic carboxylic acids is 1. The van der Waals surface area contributed by atoms with Crippen LogP contribution < -0.4 is 5.32 Å². The van der Waals surface area contributed by atoms with E-state index in [2.05, 4.69) is 10.3 Å². The third-order valence-corrected chi connectivity index (χ3v) is 2.70. The Morgan fingerprint density at radius 2 is 2.53 bits per heavy atom. The molecule has 1 aromatic heterocycles. The van der Waals surface area contributed by atoms with Crippen LogP contribution in [0.5, 0.6) is 0 Å². The predicted octanol–water partition coefficient (Wildman–Crippen LogP) is 0.545. The fourth-order valence-electron chi connectivity index (χ4n) is 1.57. The van der Waals surface area contributed by atoms with Gasteiger partial charge in [-0.3, -0.25) is 10.1 Å². The zero-order chi connectivity index (χ0) is 10.8. The fraction of sp³-hybridized carbons (Fsp3) is 0.600. The summed E-state index contributed by atoms with van der Waals surface area (Å²) in [6.45, 7) is 0.780. The average Bonchev–Trinajstić information content (AvgIpc) is 2.91. The van der Waals surface area contributed by atoms with Gasteiger partial charge >= 0.3 is 5.97 Å². The first kappa shape index (κ1) is 10.2. The van der Waals surface area contributed by atoms with Gasteiger partial charge in [0.05, 0.1) is 18.2 Å². The topological polar surface area (TPSA) is 67.2 Å². The minimum atomic E-state index is -0.848. The summed E-state index contributed by atoms with van der Waals surface area (Å²) in [6.07, 6.45) is 5.64. The van der Waals surface area contributed by atoms with E-state index in [1.54, 1.807) is 24.1 Å². The molecule has 0 aromatic carbocycles. The zero-order valence-corrected chi connectivity index (χ0v) is 8.68. The van der Waals surface area contributed by atoms with Crippen molar-refractivity contribution in [3.05, 3.63) is 18.2 Å². The highest BCUT2D eigenvalue weighted by atomic mass is 16.4. The van der Waals surface area contributed by atoms with Crippen molar-refractivity contribution < 1.29 is 9.90 Å². The summed E-state index contributed by atoms with van der Waals surface area (Å²) in [5.74, 6) is -0.181. The van der Waals surface area contributed by atoms with Crippen LogP contribution in [0.4, 0.5) is 0 Å². The van der Waals surface area contributed by atoms with Gasteiger partial charge < -0.3 is 9.67 Å². The quantitative estimate of drug-likeness (QED) is 0.743. The number of nitrogens with one attached hydrogen (secondary N) is 1. The van der Waals surface area contributed by atoms with Gasteiger partial charge in [-0.2, -0.15) is 0 Å². The minimum Gasteiger partial charge on any atom is -0.480 e. The first-order chi connectivity index (χ1) is 7.18. The monoisotopic (exact) mass is 209 g/mol. The minimum absolute atomic E-state index is 0.641. The van der Waals surface area contributed by atoms with Gasteiger partial charge in [-0.15, -0.1) is 0 Å². The highest BCUT2D eigenvalue weighted by Crippen LogP contribution is 2.28. The second-order valence-electron chi connectivity index (χ2n) is 4.05. The van der Waals surface area contributed by atoms with Crippen LogP contribution in [0.1, 0.15) is 24.6 Å². The van der Waals surface area contributed by atoms with Crippen LogP contribution in [-0.4, -0.2) is 27.2 Å². The summed E-state index contributed by atoms with van der Waals surface area (Å²) in [4.78, 5) is 15.0. The number of imidazole rings is 1. The number of nitrogens with zero attached hydrogens (tertiary/aromatic N) is 2. The number of aromatic nitrogens is 2. The van der Waals surface area contributed by atoms with Crippen molar-refractivity contribution >= 4 is 5.97 Å². The Kier molecular flexibility index (Phi) is 2.73. The summed E-state index contributed by atoms with van der Waals surface area (Å²) in [6, 6.07) is -0.641. The number of carboxylic acids is 1. The number of hydrogen-bond donors (Lipinski definition) is 2. The van der Waals surface area contributed by atoms with E-state index in [1.165, 1.54) is 12.8 Å². The molecule has 0 saturated heterocycles. The number of carbonyl (C=O) groups is 1. The molecule has 1 saturated carbocycles. The number of hydrogen-bond acceptors (Lipinski definition) is 3. The van der Waals surface area contributed by atoms with Gasteiger partial charge in [0.1, 0.15) is 6.04 Å². The summed E-state index contributed by atoms with van der Waals surface area (Å²) < 4.78 is 1.73. The van der Waals surface area contributed by atoms with Gasteiger partial charge in [0.25, 0.3) is 0 Å². The van der Waals surface area contributed by atoms with Crippen molar-refractivity contribution in [3.63, 3.8) is 0 Å². The largest absolute Gasteiger partial charge is 0.480 e. The van der Waals surface area contributed by atoms with Crippen LogP contribution >= 0.6 is 0 Å². The van der Waals surface area contributed by atoms with Crippen LogP contribution in [0.25, 0.3) is 0 Å². The molecule has 1 unspecified atom stereocenters. The van der Waals surface area contributed by atoms with Gasteiger partial charge in [0, 0.05) is 7.05 Å². The van der Waals surface area contributed by atoms with Crippen LogP contribution in [0, 0.1) is 5.92 Å². The van der Waals surface area contributed by atoms with E-state index in [0.29, 0.717) is 11.6 Å². The normalized spacial score (nSPS) is 17.7. The molecule has 0 radical (unpaired) electrons. The SMILES string of the molecule is Cn1cncc1C(NCC1CC1)C(=O)O. The van der Waals surface area contributed by atoms with E-state index < -0.39 is 12.0 Å². The molecule has 82 valence electrons. The molecule has 0 spiro atoms. The first-order valence-electron chi connectivity index (χ1n) is 5.11. The Morgan fingerprint density at radius 3 is 3.00 bits per heavy atom. The lowest BCUT2D eigenvalue weighted by atomic mass is 10.2. The lowest BCUT2D eigenvalue weighted by Crippen LogP contribution is -2.31. The Balaban J connectivity index is 2.04. The molecule has 1 aromatic rings. The highest BCUT2D eigenvalue weighted by Gasteiger charge is 2.27. The lowest BCUT2D eigenvalue weighted by molar-refractivity contribution is -0.139. The Hall–Kier alpha value is -1.36. The molecule has 5 nitrogen and oxygen atoms in total. The maximum absolute atomic E-state index is 11.1. The van der Waals surface area contributed by atoms with Crippen molar-refractivity contribution in [1.82, 2.24) is 14.9 Å². The zero-order valence-electron chi connectivity index (χ0n) is 8.68. The second-order valence-corrected chi connectivity index (χ2v) is 4.05. The Labute approximate surface area is 88.1 Å². The molecule has 1 aliphatic carbocycles. The van der Waals surface area contributed by atoms with Gasteiger partial charge in [0.2, 0.25) is 0 Å². The van der Waals surface area contributed by atoms with Gasteiger partial charge in [-0.05, 0) is 25.3 Å². The van der Waals surface area contributed by atoms with Crippen molar-refractivity contribution in [1.29, 1.82) is 0 Å². The predicted molar refractivity (Wildman–Crippen MR) is 54.3 cm³/mol. The fourth-order valence-corrected chi connectivity index (χ4v) is 1.57. The van der Waals surface area contributed by atoms with Gasteiger partial charge in [-0.1, -0.05) is 0 Å². The van der Waals surface area contributed by atoms with Crippen molar-refractivity contribution in [2.75, 3.05) is 6.54 Å². The van der Waals surface area contributed by atoms with Gasteiger partial charge in [-0.25, -0.2) is 4.98 Å². The summed E-state index contributed by atoms with van der Waals surface area (Å²) >= 11 is 0. The van der Waals surface area contributed by atoms with Crippen LogP contribution in [0.2, 0.25) is 0 Å². The molecule has 0 bridgehead atoms. The molecule has 15 heavy (non-hydrogen) atoms. The number of aryl methyl sites for hydroxylation is 1. The standard InChI is InChI=1S/C10H15N3O2/c1-13-6-11-5-8(13)9(10(14)15)12-4-7-2-3-7/h5-7,9,12H,2-4H2,1H3,(H,14,15). The Bertz CT molecular complexity index is 357. The van der Waals surface area contributed by atoms with Crippen LogP contribution in [0.15, 0.2) is 12.5 Å². The first-order valence-corrected chi connectivity index (χ1v) is 5.11. The van der Waals surface area contributed by atoms with E-state index in [1.807, 2.05) is 0 Å². The van der Waals surface area contributed by atoms with E-state index >= 15 is 0 Å². The van der Waals surface area contributed by atoms with Crippen molar-refractivity contribution in [2.45, 2.75) is 18.9 Å². The third-order valence-electron chi connectivity index (χ3n) is 2.70. The number of carboxylic acid groups (broad SMARTS) is 1. The third kappa shape index (κ3) is 2.36. The molecular formula is C10H15N3O2. The van der Waals surface area contributed by atoms with Crippen molar-refractivity contribution in [2.24, 2.45) is 13.0 Å². The smallest absolute Gasteiger partial charge is 0.326 e. The molecule has 1 atom stereocenters. The Morgan fingerprint density at radius 1 is 1.80 bits per heavy atom. The van der Waals surface area contributed by atoms with E-state index in [9.17, 15) is 4.79 Å². The lowest BCUT2D eigenvalue weighted by Gasteiger charge is -2.14. The molecule has 1 heterocycles. The molecule has 2 N–H and O–H groups in total. The number of rotatable bonds is 5. The summed E-state index contributed by atoms with van der Waals surface area (Å²) in [5, 5.41) is 12.2. The summed E-state index contributed by atoms with van der Waals surface area (Å²) in [5.41, 5.74) is 0.697. The molecule has 0 aliphatic heterocycles. The van der Waals surface area contributed by atoms with Crippen LogP contribution in [-0.2, 0) is 11.8 Å². The molecule has 1 aliphatic rings. The van der Waals surface area contributed by atoms with Crippen LogP contribution in [0.3, 0.4) is 0 Å². The molecule has 2 rings (SSSR count).